The summed E-state index contributed by atoms with van der Waals surface area (Å²) < 4.78 is 11.6. The van der Waals surface area contributed by atoms with Crippen molar-refractivity contribution >= 4 is 22.7 Å². The number of benzene rings is 2. The fourth-order valence-corrected chi connectivity index (χ4v) is 3.15. The van der Waals surface area contributed by atoms with Gasteiger partial charge in [-0.1, -0.05) is 0 Å². The zero-order valence-corrected chi connectivity index (χ0v) is 15.8. The molecule has 4 aromatic rings. The molecule has 0 aliphatic heterocycles. The molecule has 0 saturated heterocycles. The average molecular weight is 387 g/mol. The van der Waals surface area contributed by atoms with Crippen molar-refractivity contribution in [2.75, 3.05) is 20.0 Å². The first kappa shape index (κ1) is 18.1. The molecule has 0 bridgehead atoms. The first-order valence-electron chi connectivity index (χ1n) is 8.69. The standard InChI is InChI=1S/C21H17N5O3/c1-28-15-7-8-16-17(9-15)25-20(24-16)12-3-5-14(6-4-12)26-11-13(10-22)18(23)19(26)21(27)29-2/h3-9,11H,23H2,1-2H3,(H,24,25). The van der Waals surface area contributed by atoms with Crippen LogP contribution in [-0.4, -0.2) is 34.7 Å². The number of aromatic nitrogens is 3. The Kier molecular flexibility index (Phi) is 4.41. The van der Waals surface area contributed by atoms with Gasteiger partial charge in [-0.25, -0.2) is 9.78 Å². The summed E-state index contributed by atoms with van der Waals surface area (Å²) >= 11 is 0. The molecule has 144 valence electrons. The molecule has 0 unspecified atom stereocenters. The van der Waals surface area contributed by atoms with Crippen LogP contribution in [0.25, 0.3) is 28.1 Å². The minimum atomic E-state index is -0.612. The van der Waals surface area contributed by atoms with E-state index in [0.717, 1.165) is 22.3 Å². The zero-order valence-electron chi connectivity index (χ0n) is 15.8. The van der Waals surface area contributed by atoms with Gasteiger partial charge in [-0.2, -0.15) is 5.26 Å². The van der Waals surface area contributed by atoms with Gasteiger partial charge in [-0.05, 0) is 36.4 Å². The third kappa shape index (κ3) is 3.04. The molecular weight excluding hydrogens is 370 g/mol. The molecule has 0 aliphatic rings. The molecule has 0 aliphatic carbocycles. The summed E-state index contributed by atoms with van der Waals surface area (Å²) in [6, 6.07) is 15.0. The highest BCUT2D eigenvalue weighted by atomic mass is 16.5. The van der Waals surface area contributed by atoms with Crippen LogP contribution in [0.3, 0.4) is 0 Å². The van der Waals surface area contributed by atoms with E-state index < -0.39 is 5.97 Å². The molecule has 0 fully saturated rings. The minimum Gasteiger partial charge on any atom is -0.497 e. The maximum absolute atomic E-state index is 12.1. The number of rotatable bonds is 4. The van der Waals surface area contributed by atoms with Crippen LogP contribution in [0, 0.1) is 11.3 Å². The van der Waals surface area contributed by atoms with E-state index in [1.165, 1.54) is 13.3 Å². The number of fused-ring (bicyclic) bond motifs is 1. The Bertz CT molecular complexity index is 1260. The second kappa shape index (κ2) is 7.05. The van der Waals surface area contributed by atoms with Crippen LogP contribution in [0.5, 0.6) is 5.75 Å². The largest absolute Gasteiger partial charge is 0.497 e. The minimum absolute atomic E-state index is 0.0923. The monoisotopic (exact) mass is 387 g/mol. The molecule has 8 heteroatoms. The van der Waals surface area contributed by atoms with Crippen molar-refractivity contribution in [3.63, 3.8) is 0 Å². The average Bonchev–Trinajstić information content (AvgIpc) is 3.33. The number of nitriles is 1. The lowest BCUT2D eigenvalue weighted by molar-refractivity contribution is 0.0593. The first-order valence-corrected chi connectivity index (χ1v) is 8.69. The molecule has 0 amide bonds. The third-order valence-corrected chi connectivity index (χ3v) is 4.65. The van der Waals surface area contributed by atoms with Gasteiger partial charge in [0, 0.05) is 23.5 Å². The molecule has 0 atom stereocenters. The highest BCUT2D eigenvalue weighted by Crippen LogP contribution is 2.27. The van der Waals surface area contributed by atoms with Gasteiger partial charge in [0.25, 0.3) is 0 Å². The fraction of sp³-hybridized carbons (Fsp3) is 0.0952. The van der Waals surface area contributed by atoms with Crippen LogP contribution in [-0.2, 0) is 4.74 Å². The van der Waals surface area contributed by atoms with E-state index in [2.05, 4.69) is 9.97 Å². The van der Waals surface area contributed by atoms with E-state index >= 15 is 0 Å². The molecule has 2 heterocycles. The summed E-state index contributed by atoms with van der Waals surface area (Å²) in [6.45, 7) is 0. The smallest absolute Gasteiger partial charge is 0.357 e. The van der Waals surface area contributed by atoms with Crippen molar-refractivity contribution in [2.24, 2.45) is 0 Å². The van der Waals surface area contributed by atoms with Gasteiger partial charge in [0.15, 0.2) is 5.69 Å². The van der Waals surface area contributed by atoms with Crippen LogP contribution in [0.2, 0.25) is 0 Å². The maximum Gasteiger partial charge on any atom is 0.357 e. The number of methoxy groups -OCH3 is 2. The Labute approximate surface area is 166 Å². The van der Waals surface area contributed by atoms with Gasteiger partial charge in [0.05, 0.1) is 36.5 Å². The number of hydrogen-bond acceptors (Lipinski definition) is 6. The second-order valence-corrected chi connectivity index (χ2v) is 6.29. The summed E-state index contributed by atoms with van der Waals surface area (Å²) in [7, 11) is 2.89. The van der Waals surface area contributed by atoms with E-state index in [4.69, 9.17) is 15.2 Å². The predicted molar refractivity (Wildman–Crippen MR) is 108 cm³/mol. The van der Waals surface area contributed by atoms with Crippen molar-refractivity contribution in [3.05, 3.63) is 59.9 Å². The molecule has 0 radical (unpaired) electrons. The number of anilines is 1. The van der Waals surface area contributed by atoms with Crippen LogP contribution < -0.4 is 10.5 Å². The van der Waals surface area contributed by atoms with E-state index in [0.29, 0.717) is 11.5 Å². The normalized spacial score (nSPS) is 10.7. The van der Waals surface area contributed by atoms with Gasteiger partial charge < -0.3 is 24.8 Å². The molecule has 8 nitrogen and oxygen atoms in total. The second-order valence-electron chi connectivity index (χ2n) is 6.29. The fourth-order valence-electron chi connectivity index (χ4n) is 3.15. The van der Waals surface area contributed by atoms with E-state index in [9.17, 15) is 10.1 Å². The van der Waals surface area contributed by atoms with E-state index in [1.54, 1.807) is 11.7 Å². The summed E-state index contributed by atoms with van der Waals surface area (Å²) in [5.41, 5.74) is 9.60. The number of imidazole rings is 1. The Balaban J connectivity index is 1.74. The lowest BCUT2D eigenvalue weighted by Gasteiger charge is -2.09. The lowest BCUT2D eigenvalue weighted by atomic mass is 10.2. The van der Waals surface area contributed by atoms with Crippen LogP contribution >= 0.6 is 0 Å². The number of nitrogen functional groups attached to an aromatic ring is 1. The quantitative estimate of drug-likeness (QED) is 0.519. The van der Waals surface area contributed by atoms with Crippen LogP contribution in [0.15, 0.2) is 48.7 Å². The van der Waals surface area contributed by atoms with E-state index in [1.807, 2.05) is 48.5 Å². The van der Waals surface area contributed by atoms with Gasteiger partial charge in [0.1, 0.15) is 17.6 Å². The lowest BCUT2D eigenvalue weighted by Crippen LogP contribution is -2.11. The third-order valence-electron chi connectivity index (χ3n) is 4.65. The number of aromatic amines is 1. The Morgan fingerprint density at radius 3 is 2.62 bits per heavy atom. The number of carbonyl (C=O) groups is 1. The van der Waals surface area contributed by atoms with Gasteiger partial charge in [-0.15, -0.1) is 0 Å². The SMILES string of the molecule is COC(=O)c1c(N)c(C#N)cn1-c1ccc(-c2nc3ccc(OC)cc3[nH]2)cc1. The molecule has 2 aromatic carbocycles. The molecule has 0 saturated carbocycles. The van der Waals surface area contributed by atoms with Crippen molar-refractivity contribution in [2.45, 2.75) is 0 Å². The van der Waals surface area contributed by atoms with Crippen molar-refractivity contribution in [1.82, 2.24) is 14.5 Å². The maximum atomic E-state index is 12.1. The van der Waals surface area contributed by atoms with Gasteiger partial charge in [0.2, 0.25) is 0 Å². The van der Waals surface area contributed by atoms with Crippen molar-refractivity contribution in [1.29, 1.82) is 5.26 Å². The van der Waals surface area contributed by atoms with Gasteiger partial charge in [-0.3, -0.25) is 0 Å². The number of carbonyl (C=O) groups excluding carboxylic acids is 1. The summed E-state index contributed by atoms with van der Waals surface area (Å²) in [5.74, 6) is 0.842. The van der Waals surface area contributed by atoms with Crippen molar-refractivity contribution in [3.8, 4) is 28.9 Å². The predicted octanol–water partition coefficient (Wildman–Crippen LogP) is 3.27. The number of nitrogens with one attached hydrogen (secondary N) is 1. The Morgan fingerprint density at radius 2 is 1.97 bits per heavy atom. The topological polar surface area (TPSA) is 119 Å². The Hall–Kier alpha value is -4.25. The number of hydrogen-bond donors (Lipinski definition) is 2. The number of ether oxygens (including phenoxy) is 2. The summed E-state index contributed by atoms with van der Waals surface area (Å²) in [4.78, 5) is 20.0. The molecule has 29 heavy (non-hydrogen) atoms. The number of esters is 1. The molecular formula is C21H17N5O3. The first-order chi connectivity index (χ1) is 14.0. The molecule has 2 aromatic heterocycles. The number of nitrogens with two attached hydrogens (primary N) is 1. The highest BCUT2D eigenvalue weighted by Gasteiger charge is 2.21. The molecule has 4 rings (SSSR count). The number of nitrogens with zero attached hydrogens (tertiary/aromatic N) is 3. The highest BCUT2D eigenvalue weighted by molar-refractivity contribution is 5.96. The Morgan fingerprint density at radius 1 is 1.21 bits per heavy atom. The zero-order chi connectivity index (χ0) is 20.5. The molecule has 3 N–H and O–H groups in total. The van der Waals surface area contributed by atoms with Crippen molar-refractivity contribution < 1.29 is 14.3 Å². The van der Waals surface area contributed by atoms with E-state index in [-0.39, 0.29) is 16.9 Å². The van der Waals surface area contributed by atoms with Crippen LogP contribution in [0.4, 0.5) is 5.69 Å². The van der Waals surface area contributed by atoms with Gasteiger partial charge >= 0.3 is 5.97 Å². The number of H-pyrrole nitrogens is 1. The summed E-state index contributed by atoms with van der Waals surface area (Å²) in [5, 5.41) is 9.24. The van der Waals surface area contributed by atoms with Crippen LogP contribution in [0.1, 0.15) is 16.1 Å². The molecule has 0 spiro atoms. The summed E-state index contributed by atoms with van der Waals surface area (Å²) in [6.07, 6.45) is 1.52.